The Morgan fingerprint density at radius 3 is 2.50 bits per heavy atom. The average Bonchev–Trinajstić information content (AvgIpc) is 2.29. The first kappa shape index (κ1) is 13.0. The van der Waals surface area contributed by atoms with Gasteiger partial charge in [-0.05, 0) is 19.3 Å². The molecule has 0 saturated heterocycles. The molecule has 16 heavy (non-hydrogen) atoms. The van der Waals surface area contributed by atoms with E-state index >= 15 is 0 Å². The van der Waals surface area contributed by atoms with Crippen LogP contribution in [0.2, 0.25) is 0 Å². The van der Waals surface area contributed by atoms with Crippen molar-refractivity contribution in [1.29, 1.82) is 0 Å². The number of rotatable bonds is 5. The van der Waals surface area contributed by atoms with E-state index in [1.165, 1.54) is 39.0 Å². The van der Waals surface area contributed by atoms with Gasteiger partial charge in [-0.25, -0.2) is 0 Å². The van der Waals surface area contributed by atoms with Crippen molar-refractivity contribution in [3.8, 4) is 0 Å². The van der Waals surface area contributed by atoms with Crippen LogP contribution >= 0.6 is 0 Å². The first-order valence-electron chi connectivity index (χ1n) is 6.11. The van der Waals surface area contributed by atoms with Crippen LogP contribution in [-0.4, -0.2) is 23.5 Å². The lowest BCUT2D eigenvalue weighted by Gasteiger charge is -2.21. The van der Waals surface area contributed by atoms with Crippen LogP contribution in [0.25, 0.3) is 0 Å². The lowest BCUT2D eigenvalue weighted by molar-refractivity contribution is -0.146. The predicted octanol–water partition coefficient (Wildman–Crippen LogP) is 1.79. The fraction of sp³-hybridized carbons (Fsp3) is 0.833. The Bertz CT molecular complexity index is 247. The molecule has 1 aliphatic rings. The van der Waals surface area contributed by atoms with Gasteiger partial charge in [0.1, 0.15) is 5.92 Å². The van der Waals surface area contributed by atoms with E-state index in [9.17, 15) is 9.59 Å². The van der Waals surface area contributed by atoms with Gasteiger partial charge in [0.05, 0.1) is 0 Å². The number of carbonyl (C=O) groups is 2. The Balaban J connectivity index is 2.14. The maximum atomic E-state index is 11.3. The Morgan fingerprint density at radius 2 is 1.94 bits per heavy atom. The molecule has 2 N–H and O–H groups in total. The van der Waals surface area contributed by atoms with Crippen molar-refractivity contribution in [2.45, 2.75) is 45.4 Å². The molecule has 0 spiro atoms. The van der Waals surface area contributed by atoms with Crippen LogP contribution in [0.5, 0.6) is 0 Å². The van der Waals surface area contributed by atoms with E-state index < -0.39 is 11.9 Å². The third kappa shape index (κ3) is 4.21. The molecule has 1 atom stereocenters. The van der Waals surface area contributed by atoms with E-state index in [4.69, 9.17) is 5.11 Å². The van der Waals surface area contributed by atoms with Gasteiger partial charge < -0.3 is 10.4 Å². The molecular formula is C12H21NO3. The van der Waals surface area contributed by atoms with Crippen molar-refractivity contribution in [3.63, 3.8) is 0 Å². The van der Waals surface area contributed by atoms with Gasteiger partial charge in [-0.15, -0.1) is 0 Å². The summed E-state index contributed by atoms with van der Waals surface area (Å²) in [6, 6.07) is 0. The highest BCUT2D eigenvalue weighted by molar-refractivity contribution is 5.96. The monoisotopic (exact) mass is 227 g/mol. The number of hydrogen-bond donors (Lipinski definition) is 2. The summed E-state index contributed by atoms with van der Waals surface area (Å²) in [4.78, 5) is 21.9. The molecule has 0 aromatic carbocycles. The zero-order valence-electron chi connectivity index (χ0n) is 9.87. The minimum Gasteiger partial charge on any atom is -0.481 e. The molecule has 1 amide bonds. The Kier molecular flexibility index (Phi) is 5.29. The van der Waals surface area contributed by atoms with Gasteiger partial charge in [-0.3, -0.25) is 9.59 Å². The molecular weight excluding hydrogens is 206 g/mol. The summed E-state index contributed by atoms with van der Waals surface area (Å²) < 4.78 is 0. The summed E-state index contributed by atoms with van der Waals surface area (Å²) in [5.41, 5.74) is 0. The lowest BCUT2D eigenvalue weighted by atomic mass is 9.87. The van der Waals surface area contributed by atoms with Crippen molar-refractivity contribution in [2.75, 3.05) is 6.54 Å². The predicted molar refractivity (Wildman–Crippen MR) is 61.0 cm³/mol. The average molecular weight is 227 g/mol. The molecule has 4 nitrogen and oxygen atoms in total. The summed E-state index contributed by atoms with van der Waals surface area (Å²) in [5.74, 6) is -1.65. The highest BCUT2D eigenvalue weighted by Crippen LogP contribution is 2.25. The molecule has 1 saturated carbocycles. The molecule has 0 aromatic heterocycles. The van der Waals surface area contributed by atoms with Crippen LogP contribution in [0.3, 0.4) is 0 Å². The van der Waals surface area contributed by atoms with Gasteiger partial charge in [-0.2, -0.15) is 0 Å². The molecule has 1 fully saturated rings. The summed E-state index contributed by atoms with van der Waals surface area (Å²) in [6.07, 6.45) is 7.42. The summed E-state index contributed by atoms with van der Waals surface area (Å²) in [6.45, 7) is 2.03. The number of carboxylic acid groups (broad SMARTS) is 1. The summed E-state index contributed by atoms with van der Waals surface area (Å²) >= 11 is 0. The Hall–Kier alpha value is -1.06. The van der Waals surface area contributed by atoms with Gasteiger partial charge in [0.15, 0.2) is 0 Å². The maximum Gasteiger partial charge on any atom is 0.315 e. The van der Waals surface area contributed by atoms with E-state index in [-0.39, 0.29) is 5.91 Å². The van der Waals surface area contributed by atoms with Crippen LogP contribution in [0.15, 0.2) is 0 Å². The van der Waals surface area contributed by atoms with E-state index in [0.29, 0.717) is 12.5 Å². The topological polar surface area (TPSA) is 66.4 Å². The largest absolute Gasteiger partial charge is 0.481 e. The molecule has 0 heterocycles. The standard InChI is InChI=1S/C12H21NO3/c1-9(12(15)16)11(14)13-8-7-10-5-3-2-4-6-10/h9-10H,2-8H2,1H3,(H,13,14)(H,15,16). The van der Waals surface area contributed by atoms with Crippen LogP contribution in [-0.2, 0) is 9.59 Å². The Labute approximate surface area is 96.4 Å². The van der Waals surface area contributed by atoms with Crippen molar-refractivity contribution in [2.24, 2.45) is 11.8 Å². The fourth-order valence-electron chi connectivity index (χ4n) is 2.14. The second-order valence-electron chi connectivity index (χ2n) is 4.64. The number of carboxylic acids is 1. The van der Waals surface area contributed by atoms with E-state index in [2.05, 4.69) is 5.32 Å². The quantitative estimate of drug-likeness (QED) is 0.704. The van der Waals surface area contributed by atoms with Crippen molar-refractivity contribution in [1.82, 2.24) is 5.32 Å². The van der Waals surface area contributed by atoms with Gasteiger partial charge in [0.25, 0.3) is 0 Å². The highest BCUT2D eigenvalue weighted by atomic mass is 16.4. The normalized spacial score (nSPS) is 19.1. The number of carbonyl (C=O) groups excluding carboxylic acids is 1. The van der Waals surface area contributed by atoms with E-state index in [1.54, 1.807) is 0 Å². The van der Waals surface area contributed by atoms with Crippen molar-refractivity contribution < 1.29 is 14.7 Å². The third-order valence-electron chi connectivity index (χ3n) is 3.34. The molecule has 1 unspecified atom stereocenters. The Morgan fingerprint density at radius 1 is 1.31 bits per heavy atom. The van der Waals surface area contributed by atoms with Gasteiger partial charge in [-0.1, -0.05) is 32.1 Å². The van der Waals surface area contributed by atoms with Crippen molar-refractivity contribution in [3.05, 3.63) is 0 Å². The second-order valence-corrected chi connectivity index (χ2v) is 4.64. The van der Waals surface area contributed by atoms with Crippen LogP contribution in [0, 0.1) is 11.8 Å². The first-order valence-corrected chi connectivity index (χ1v) is 6.11. The second kappa shape index (κ2) is 6.51. The van der Waals surface area contributed by atoms with E-state index in [0.717, 1.165) is 6.42 Å². The number of hydrogen-bond acceptors (Lipinski definition) is 2. The zero-order valence-corrected chi connectivity index (χ0v) is 9.87. The molecule has 0 aliphatic heterocycles. The third-order valence-corrected chi connectivity index (χ3v) is 3.34. The summed E-state index contributed by atoms with van der Waals surface area (Å²) in [7, 11) is 0. The van der Waals surface area contributed by atoms with Gasteiger partial charge in [0, 0.05) is 6.54 Å². The molecule has 0 bridgehead atoms. The highest BCUT2D eigenvalue weighted by Gasteiger charge is 2.20. The number of amides is 1. The fourth-order valence-corrected chi connectivity index (χ4v) is 2.14. The maximum absolute atomic E-state index is 11.3. The molecule has 0 aromatic rings. The smallest absolute Gasteiger partial charge is 0.315 e. The summed E-state index contributed by atoms with van der Waals surface area (Å²) in [5, 5.41) is 11.3. The van der Waals surface area contributed by atoms with Gasteiger partial charge in [0.2, 0.25) is 5.91 Å². The molecule has 1 aliphatic carbocycles. The van der Waals surface area contributed by atoms with Crippen LogP contribution in [0.1, 0.15) is 45.4 Å². The van der Waals surface area contributed by atoms with Crippen LogP contribution in [0.4, 0.5) is 0 Å². The SMILES string of the molecule is CC(C(=O)O)C(=O)NCCC1CCCCC1. The number of aliphatic carboxylic acids is 1. The molecule has 4 heteroatoms. The molecule has 92 valence electrons. The zero-order chi connectivity index (χ0) is 12.0. The molecule has 0 radical (unpaired) electrons. The minimum atomic E-state index is -1.06. The van der Waals surface area contributed by atoms with Gasteiger partial charge >= 0.3 is 5.97 Å². The first-order chi connectivity index (χ1) is 7.61. The van der Waals surface area contributed by atoms with E-state index in [1.807, 2.05) is 0 Å². The van der Waals surface area contributed by atoms with Crippen molar-refractivity contribution >= 4 is 11.9 Å². The lowest BCUT2D eigenvalue weighted by Crippen LogP contribution is -2.34. The minimum absolute atomic E-state index is 0.372. The number of nitrogens with one attached hydrogen (secondary N) is 1. The molecule has 1 rings (SSSR count). The van der Waals surface area contributed by atoms with Crippen LogP contribution < -0.4 is 5.32 Å².